The first kappa shape index (κ1) is 45.3. The molecule has 0 amide bonds. The summed E-state index contributed by atoms with van der Waals surface area (Å²) >= 11 is 0. The van der Waals surface area contributed by atoms with Crippen molar-refractivity contribution < 1.29 is 18.9 Å². The highest BCUT2D eigenvalue weighted by molar-refractivity contribution is 5.04. The molecule has 4 nitrogen and oxygen atoms in total. The molecule has 0 aliphatic heterocycles. The molecule has 0 aliphatic rings. The van der Waals surface area contributed by atoms with Gasteiger partial charge >= 0.3 is 6.16 Å². The van der Waals surface area contributed by atoms with Crippen molar-refractivity contribution in [3.05, 3.63) is 69.9 Å². The van der Waals surface area contributed by atoms with E-state index in [1.165, 1.54) is 84.8 Å². The summed E-state index contributed by atoms with van der Waals surface area (Å²) in [5.41, 5.74) is 7.92. The second kappa shape index (κ2) is 30.3. The molecule has 0 aromatic carbocycles. The van der Waals surface area contributed by atoms with E-state index in [1.54, 1.807) is 0 Å². The van der Waals surface area contributed by atoms with Gasteiger partial charge in [-0.3, -0.25) is 14.2 Å². The average molecular weight is 657 g/mol. The van der Waals surface area contributed by atoms with Crippen LogP contribution in [0.15, 0.2) is 69.9 Å². The monoisotopic (exact) mass is 657 g/mol. The number of rotatable bonds is 30. The summed E-state index contributed by atoms with van der Waals surface area (Å²) in [6, 6.07) is 0. The summed E-state index contributed by atoms with van der Waals surface area (Å²) in [6.07, 6.45) is 30.6. The van der Waals surface area contributed by atoms with Crippen LogP contribution < -0.4 is 0 Å². The summed E-state index contributed by atoms with van der Waals surface area (Å²) in [5, 5.41) is 0. The first-order valence-electron chi connectivity index (χ1n) is 18.9. The Morgan fingerprint density at radius 2 is 0.723 bits per heavy atom. The normalized spacial score (nSPS) is 12.8. The van der Waals surface area contributed by atoms with Gasteiger partial charge in [0, 0.05) is 0 Å². The van der Waals surface area contributed by atoms with Crippen LogP contribution >= 0.6 is 0 Å². The second-order valence-electron chi connectivity index (χ2n) is 14.1. The van der Waals surface area contributed by atoms with Crippen LogP contribution in [0.25, 0.3) is 0 Å². The summed E-state index contributed by atoms with van der Waals surface area (Å²) in [7, 11) is 0. The predicted octanol–water partition coefficient (Wildman–Crippen LogP) is 13.7. The molecule has 0 rings (SSSR count). The summed E-state index contributed by atoms with van der Waals surface area (Å²) < 4.78 is 25.5. The molecule has 0 atom stereocenters. The first-order chi connectivity index (χ1) is 22.5. The Kier molecular flexibility index (Phi) is 29.2. The molecule has 0 N–H and O–H groups in total. The topological polar surface area (TPSA) is 36.9 Å². The standard InChI is InChI=1S/C43H76O4/c1-11-12-13-14-15-16-17-18-19-20-33-44-43(45-34-30-40(8)27-21-24-37(2)3,46-35-31-41(9)28-22-25-38(4)5)47-36-32-42(10)29-23-26-39(6)7/h24-26,30-32H,11-23,27-29,33-36H2,1-10H3/b40-30+,41-31+,42-32+. The molecule has 0 aromatic heterocycles. The number of ether oxygens (including phenoxy) is 4. The van der Waals surface area contributed by atoms with Gasteiger partial charge in [0.25, 0.3) is 0 Å². The van der Waals surface area contributed by atoms with Gasteiger partial charge in [0.2, 0.25) is 0 Å². The average Bonchev–Trinajstić information content (AvgIpc) is 2.99. The Labute approximate surface area is 292 Å². The zero-order valence-electron chi connectivity index (χ0n) is 32.7. The van der Waals surface area contributed by atoms with Gasteiger partial charge in [-0.25, -0.2) is 0 Å². The summed E-state index contributed by atoms with van der Waals surface area (Å²) in [6.45, 7) is 23.3. The van der Waals surface area contributed by atoms with Crippen LogP contribution in [0.3, 0.4) is 0 Å². The molecule has 47 heavy (non-hydrogen) atoms. The molecule has 0 heterocycles. The highest BCUT2D eigenvalue weighted by Gasteiger charge is 2.35. The molecule has 0 saturated carbocycles. The smallest absolute Gasteiger partial charge is 0.303 e. The lowest BCUT2D eigenvalue weighted by Gasteiger charge is -2.31. The minimum absolute atomic E-state index is 0.366. The Morgan fingerprint density at radius 1 is 0.404 bits per heavy atom. The van der Waals surface area contributed by atoms with E-state index in [0.29, 0.717) is 26.4 Å². The largest absolute Gasteiger partial charge is 0.413 e. The SMILES string of the molecule is CCCCCCCCCCCCOC(OC/C=C(\C)CCC=C(C)C)(OC/C=C(\C)CCC=C(C)C)OC/C=C(\C)CCC=C(C)C. The molecule has 272 valence electrons. The van der Waals surface area contributed by atoms with Crippen molar-refractivity contribution in [3.63, 3.8) is 0 Å². The van der Waals surface area contributed by atoms with Crippen molar-refractivity contribution in [2.24, 2.45) is 0 Å². The van der Waals surface area contributed by atoms with Crippen molar-refractivity contribution in [2.75, 3.05) is 26.4 Å². The number of allylic oxidation sites excluding steroid dienone is 9. The fourth-order valence-electron chi connectivity index (χ4n) is 4.97. The van der Waals surface area contributed by atoms with Crippen molar-refractivity contribution >= 4 is 0 Å². The van der Waals surface area contributed by atoms with Gasteiger partial charge in [-0.1, -0.05) is 135 Å². The van der Waals surface area contributed by atoms with Crippen LogP contribution in [0, 0.1) is 0 Å². The van der Waals surface area contributed by atoms with E-state index in [9.17, 15) is 0 Å². The van der Waals surface area contributed by atoms with Gasteiger partial charge in [0.15, 0.2) is 0 Å². The molecule has 0 unspecified atom stereocenters. The predicted molar refractivity (Wildman–Crippen MR) is 206 cm³/mol. The zero-order chi connectivity index (χ0) is 35.2. The molecule has 0 radical (unpaired) electrons. The Bertz CT molecular complexity index is 848. The quantitative estimate of drug-likeness (QED) is 0.0438. The third-order valence-electron chi connectivity index (χ3n) is 8.13. The van der Waals surface area contributed by atoms with Gasteiger partial charge in [-0.2, -0.15) is 0 Å². The van der Waals surface area contributed by atoms with Gasteiger partial charge in [0.1, 0.15) is 0 Å². The lowest BCUT2D eigenvalue weighted by Crippen LogP contribution is -2.43. The van der Waals surface area contributed by atoms with Crippen LogP contribution in [0.2, 0.25) is 0 Å². The fraction of sp³-hybridized carbons (Fsp3) is 0.721. The first-order valence-corrected chi connectivity index (χ1v) is 18.9. The molecule has 0 spiro atoms. The van der Waals surface area contributed by atoms with Gasteiger partial charge < -0.3 is 4.74 Å². The van der Waals surface area contributed by atoms with Crippen molar-refractivity contribution in [3.8, 4) is 0 Å². The Hall–Kier alpha value is -1.72. The van der Waals surface area contributed by atoms with Crippen molar-refractivity contribution in [1.82, 2.24) is 0 Å². The molecule has 0 aliphatic carbocycles. The summed E-state index contributed by atoms with van der Waals surface area (Å²) in [5.74, 6) is 0. The lowest BCUT2D eigenvalue weighted by atomic mass is 10.1. The summed E-state index contributed by atoms with van der Waals surface area (Å²) in [4.78, 5) is 0. The van der Waals surface area contributed by atoms with Crippen LogP contribution in [-0.2, 0) is 18.9 Å². The minimum Gasteiger partial charge on any atom is -0.303 e. The van der Waals surface area contributed by atoms with E-state index in [0.717, 1.165) is 51.4 Å². The molecule has 0 bridgehead atoms. The number of hydrogen-bond acceptors (Lipinski definition) is 4. The minimum atomic E-state index is -1.55. The van der Waals surface area contributed by atoms with E-state index < -0.39 is 6.16 Å². The van der Waals surface area contributed by atoms with Gasteiger partial charge in [0.05, 0.1) is 26.4 Å². The van der Waals surface area contributed by atoms with Crippen molar-refractivity contribution in [1.29, 1.82) is 0 Å². The van der Waals surface area contributed by atoms with Gasteiger partial charge in [-0.15, -0.1) is 0 Å². The van der Waals surface area contributed by atoms with Crippen LogP contribution in [0.4, 0.5) is 0 Å². The molecule has 0 aromatic rings. The van der Waals surface area contributed by atoms with E-state index in [2.05, 4.69) is 106 Å². The number of unbranched alkanes of at least 4 members (excludes halogenated alkanes) is 9. The Balaban J connectivity index is 5.58. The molecule has 0 fully saturated rings. The van der Waals surface area contributed by atoms with E-state index in [4.69, 9.17) is 18.9 Å². The molecule has 4 heteroatoms. The second-order valence-corrected chi connectivity index (χ2v) is 14.1. The maximum Gasteiger partial charge on any atom is 0.413 e. The molecular weight excluding hydrogens is 580 g/mol. The van der Waals surface area contributed by atoms with Crippen LogP contribution in [0.5, 0.6) is 0 Å². The van der Waals surface area contributed by atoms with E-state index >= 15 is 0 Å². The van der Waals surface area contributed by atoms with E-state index in [1.807, 2.05) is 0 Å². The maximum atomic E-state index is 6.40. The third kappa shape index (κ3) is 30.1. The number of hydrogen-bond donors (Lipinski definition) is 0. The Morgan fingerprint density at radius 3 is 1.04 bits per heavy atom. The fourth-order valence-corrected chi connectivity index (χ4v) is 4.97. The van der Waals surface area contributed by atoms with Crippen LogP contribution in [-0.4, -0.2) is 32.6 Å². The molecular formula is C43H76O4. The zero-order valence-corrected chi connectivity index (χ0v) is 32.7. The third-order valence-corrected chi connectivity index (χ3v) is 8.13. The lowest BCUT2D eigenvalue weighted by molar-refractivity contribution is -0.492. The van der Waals surface area contributed by atoms with Gasteiger partial charge in [-0.05, 0) is 107 Å². The van der Waals surface area contributed by atoms with Crippen LogP contribution in [0.1, 0.15) is 172 Å². The highest BCUT2D eigenvalue weighted by atomic mass is 17.0. The highest BCUT2D eigenvalue weighted by Crippen LogP contribution is 2.22. The molecule has 0 saturated heterocycles. The van der Waals surface area contributed by atoms with E-state index in [-0.39, 0.29) is 0 Å². The van der Waals surface area contributed by atoms with Crippen molar-refractivity contribution in [2.45, 2.75) is 178 Å². The maximum absolute atomic E-state index is 6.40.